The van der Waals surface area contributed by atoms with Crippen LogP contribution in [-0.4, -0.2) is 37.8 Å². The molecule has 0 aromatic heterocycles. The van der Waals surface area contributed by atoms with Crippen molar-refractivity contribution in [2.24, 2.45) is 5.41 Å². The molecule has 7 nitrogen and oxygen atoms in total. The highest BCUT2D eigenvalue weighted by atomic mass is 16.7. The van der Waals surface area contributed by atoms with Crippen LogP contribution in [0.15, 0.2) is 18.2 Å². The minimum Gasteiger partial charge on any atom is -0.495 e. The quantitative estimate of drug-likeness (QED) is 0.630. The van der Waals surface area contributed by atoms with Crippen molar-refractivity contribution in [3.63, 3.8) is 0 Å². The van der Waals surface area contributed by atoms with Gasteiger partial charge in [0.1, 0.15) is 5.75 Å². The number of hydrogen-bond acceptors (Lipinski definition) is 6. The lowest BCUT2D eigenvalue weighted by Crippen LogP contribution is -2.49. The average molecular weight is 336 g/mol. The Bertz CT molecular complexity index is 632. The maximum absolute atomic E-state index is 12.5. The minimum absolute atomic E-state index is 0.216. The summed E-state index contributed by atoms with van der Waals surface area (Å²) in [6, 6.07) is 4.90. The molecule has 1 heterocycles. The number of ketones is 1. The predicted molar refractivity (Wildman–Crippen MR) is 89.8 cm³/mol. The normalized spacial score (nSPS) is 18.7. The van der Waals surface area contributed by atoms with E-state index in [1.54, 1.807) is 39.0 Å². The highest BCUT2D eigenvalue weighted by molar-refractivity contribution is 6.06. The third-order valence-electron chi connectivity index (χ3n) is 3.97. The summed E-state index contributed by atoms with van der Waals surface area (Å²) in [5.41, 5.74) is 5.79. The fraction of sp³-hybridized carbons (Fsp3) is 0.529. The van der Waals surface area contributed by atoms with Crippen LogP contribution in [0.2, 0.25) is 0 Å². The van der Waals surface area contributed by atoms with Crippen LogP contribution in [0.25, 0.3) is 0 Å². The van der Waals surface area contributed by atoms with E-state index < -0.39 is 17.1 Å². The molecule has 0 aliphatic carbocycles. The predicted octanol–water partition coefficient (Wildman–Crippen LogP) is 1.96. The molecule has 0 atom stereocenters. The van der Waals surface area contributed by atoms with Gasteiger partial charge in [-0.15, -0.1) is 0 Å². The summed E-state index contributed by atoms with van der Waals surface area (Å²) in [7, 11) is 1.49. The molecule has 1 saturated heterocycles. The number of nitrogens with two attached hydrogens (primary N) is 1. The first kappa shape index (κ1) is 18.2. The number of amides is 1. The minimum atomic E-state index is -0.841. The molecule has 0 spiro atoms. The lowest BCUT2D eigenvalue weighted by Gasteiger charge is -2.40. The van der Waals surface area contributed by atoms with Crippen molar-refractivity contribution in [1.82, 2.24) is 0 Å². The van der Waals surface area contributed by atoms with Crippen molar-refractivity contribution >= 4 is 23.1 Å². The molecule has 0 saturated carbocycles. The van der Waals surface area contributed by atoms with Gasteiger partial charge in [0.15, 0.2) is 11.6 Å². The van der Waals surface area contributed by atoms with E-state index in [1.807, 2.05) is 0 Å². The zero-order chi connectivity index (χ0) is 18.0. The third kappa shape index (κ3) is 4.24. The Labute approximate surface area is 141 Å². The van der Waals surface area contributed by atoms with E-state index in [0.717, 1.165) is 0 Å². The van der Waals surface area contributed by atoms with Gasteiger partial charge in [0.05, 0.1) is 37.8 Å². The first-order valence-corrected chi connectivity index (χ1v) is 7.70. The molecule has 0 radical (unpaired) electrons. The van der Waals surface area contributed by atoms with Crippen molar-refractivity contribution in [1.29, 1.82) is 0 Å². The molecular formula is C17H24N2O5. The molecular weight excluding hydrogens is 312 g/mol. The highest BCUT2D eigenvalue weighted by Crippen LogP contribution is 2.31. The molecule has 132 valence electrons. The Kier molecular flexibility index (Phi) is 5.15. The van der Waals surface area contributed by atoms with E-state index in [2.05, 4.69) is 5.32 Å². The van der Waals surface area contributed by atoms with Gasteiger partial charge < -0.3 is 25.3 Å². The summed E-state index contributed by atoms with van der Waals surface area (Å²) >= 11 is 0. The molecule has 0 unspecified atom stereocenters. The van der Waals surface area contributed by atoms with Crippen molar-refractivity contribution in [2.75, 3.05) is 31.4 Å². The van der Waals surface area contributed by atoms with Crippen LogP contribution in [-0.2, 0) is 19.1 Å². The number of carbonyl (C=O) groups is 2. The van der Waals surface area contributed by atoms with E-state index in [-0.39, 0.29) is 25.4 Å². The highest BCUT2D eigenvalue weighted by Gasteiger charge is 2.42. The average Bonchev–Trinajstić information content (AvgIpc) is 2.50. The van der Waals surface area contributed by atoms with Crippen LogP contribution < -0.4 is 15.8 Å². The summed E-state index contributed by atoms with van der Waals surface area (Å²) in [6.45, 7) is 5.74. The van der Waals surface area contributed by atoms with Gasteiger partial charge in [-0.05, 0) is 39.0 Å². The molecule has 1 aromatic rings. The van der Waals surface area contributed by atoms with Gasteiger partial charge in [-0.1, -0.05) is 0 Å². The molecule has 7 heteroatoms. The summed E-state index contributed by atoms with van der Waals surface area (Å²) in [6.07, 6.45) is -0.276. The van der Waals surface area contributed by atoms with Crippen LogP contribution in [0, 0.1) is 5.41 Å². The van der Waals surface area contributed by atoms with Gasteiger partial charge in [-0.2, -0.15) is 0 Å². The van der Waals surface area contributed by atoms with Crippen LogP contribution in [0.3, 0.4) is 0 Å². The molecule has 1 fully saturated rings. The zero-order valence-electron chi connectivity index (χ0n) is 14.5. The van der Waals surface area contributed by atoms with Gasteiger partial charge in [0.25, 0.3) is 0 Å². The smallest absolute Gasteiger partial charge is 0.231 e. The molecule has 1 amide bonds. The summed E-state index contributed by atoms with van der Waals surface area (Å²) in [5.74, 6) is -0.910. The van der Waals surface area contributed by atoms with E-state index in [1.165, 1.54) is 7.11 Å². The number of anilines is 2. The second kappa shape index (κ2) is 6.78. The Balaban J connectivity index is 2.00. The number of nitrogens with one attached hydrogen (secondary N) is 1. The van der Waals surface area contributed by atoms with Crippen molar-refractivity contribution < 1.29 is 23.8 Å². The van der Waals surface area contributed by atoms with E-state index in [9.17, 15) is 9.59 Å². The number of methoxy groups -OCH3 is 1. The van der Waals surface area contributed by atoms with Gasteiger partial charge in [-0.3, -0.25) is 9.59 Å². The number of carbonyl (C=O) groups excluding carboxylic acids is 2. The van der Waals surface area contributed by atoms with Crippen molar-refractivity contribution in [3.05, 3.63) is 18.2 Å². The van der Waals surface area contributed by atoms with Gasteiger partial charge in [0, 0.05) is 5.69 Å². The van der Waals surface area contributed by atoms with Gasteiger partial charge >= 0.3 is 0 Å². The lowest BCUT2D eigenvalue weighted by molar-refractivity contribution is -0.276. The number of Topliss-reactive ketones (excluding diaryl/α,β-unsaturated/α-hetero) is 1. The first-order valence-electron chi connectivity index (χ1n) is 7.70. The maximum Gasteiger partial charge on any atom is 0.231 e. The SMILES string of the molecule is COc1ccc(N)cc1NC(=O)CC(=O)C1(C)COC(C)(C)OC1. The molecule has 3 N–H and O–H groups in total. The zero-order valence-corrected chi connectivity index (χ0v) is 14.5. The molecule has 1 aromatic carbocycles. The second-order valence-corrected chi connectivity index (χ2v) is 6.65. The summed E-state index contributed by atoms with van der Waals surface area (Å²) in [5, 5.41) is 2.66. The van der Waals surface area contributed by atoms with E-state index >= 15 is 0 Å². The fourth-order valence-electron chi connectivity index (χ4n) is 2.29. The lowest BCUT2D eigenvalue weighted by atomic mass is 9.84. The van der Waals surface area contributed by atoms with Crippen LogP contribution in [0.4, 0.5) is 11.4 Å². The molecule has 0 bridgehead atoms. The number of rotatable bonds is 5. The van der Waals surface area contributed by atoms with Crippen LogP contribution >= 0.6 is 0 Å². The maximum atomic E-state index is 12.5. The number of benzene rings is 1. The summed E-state index contributed by atoms with van der Waals surface area (Å²) < 4.78 is 16.3. The molecule has 2 rings (SSSR count). The Morgan fingerprint density at radius 1 is 1.25 bits per heavy atom. The molecule has 24 heavy (non-hydrogen) atoms. The third-order valence-corrected chi connectivity index (χ3v) is 3.97. The Morgan fingerprint density at radius 2 is 1.88 bits per heavy atom. The fourth-order valence-corrected chi connectivity index (χ4v) is 2.29. The van der Waals surface area contributed by atoms with E-state index in [4.69, 9.17) is 19.9 Å². The van der Waals surface area contributed by atoms with Crippen LogP contribution in [0.1, 0.15) is 27.2 Å². The Morgan fingerprint density at radius 3 is 2.46 bits per heavy atom. The topological polar surface area (TPSA) is 99.9 Å². The number of ether oxygens (including phenoxy) is 3. The standard InChI is InChI=1S/C17H24N2O5/c1-16(2)23-9-17(3,10-24-16)14(20)8-15(21)19-12-7-11(18)5-6-13(12)22-4/h5-7H,8-10,18H2,1-4H3,(H,19,21). The Hall–Kier alpha value is -2.12. The molecule has 1 aliphatic heterocycles. The first-order chi connectivity index (χ1) is 11.1. The van der Waals surface area contributed by atoms with Crippen molar-refractivity contribution in [2.45, 2.75) is 33.0 Å². The van der Waals surface area contributed by atoms with Crippen LogP contribution in [0.5, 0.6) is 5.75 Å². The number of nitrogen functional groups attached to an aromatic ring is 1. The molecule has 1 aliphatic rings. The second-order valence-electron chi connectivity index (χ2n) is 6.65. The monoisotopic (exact) mass is 336 g/mol. The number of hydrogen-bond donors (Lipinski definition) is 2. The van der Waals surface area contributed by atoms with Gasteiger partial charge in [0.2, 0.25) is 5.91 Å². The largest absolute Gasteiger partial charge is 0.495 e. The van der Waals surface area contributed by atoms with Gasteiger partial charge in [-0.25, -0.2) is 0 Å². The summed E-state index contributed by atoms with van der Waals surface area (Å²) in [4.78, 5) is 24.7. The van der Waals surface area contributed by atoms with E-state index in [0.29, 0.717) is 17.1 Å². The van der Waals surface area contributed by atoms with Crippen molar-refractivity contribution in [3.8, 4) is 5.75 Å².